The Hall–Kier alpha value is -4.18. The number of methoxy groups -OCH3 is 1. The van der Waals surface area contributed by atoms with Crippen LogP contribution in [-0.2, 0) is 16.6 Å². The number of carbonyl (C=O) groups is 1. The number of aromatic nitrogens is 3. The number of pyridine rings is 1. The van der Waals surface area contributed by atoms with Crippen LogP contribution in [0.2, 0.25) is 0 Å². The van der Waals surface area contributed by atoms with E-state index in [0.29, 0.717) is 22.8 Å². The number of hydrogen-bond donors (Lipinski definition) is 2. The summed E-state index contributed by atoms with van der Waals surface area (Å²) >= 11 is 0. The number of nitrogens with zero attached hydrogens (tertiary/aromatic N) is 3. The fraction of sp³-hybridized carbons (Fsp3) is 0.125. The quantitative estimate of drug-likeness (QED) is 0.402. The second kappa shape index (κ2) is 9.75. The normalized spacial score (nSPS) is 11.1. The van der Waals surface area contributed by atoms with Gasteiger partial charge >= 0.3 is 0 Å². The van der Waals surface area contributed by atoms with E-state index >= 15 is 0 Å². The zero-order chi connectivity index (χ0) is 24.1. The second-order valence-corrected chi connectivity index (χ2v) is 9.09. The molecule has 0 bridgehead atoms. The molecule has 2 N–H and O–H groups in total. The number of ether oxygens (including phenoxy) is 1. The van der Waals surface area contributed by atoms with Crippen LogP contribution in [0.4, 0.5) is 5.69 Å². The van der Waals surface area contributed by atoms with Crippen LogP contribution in [0, 0.1) is 6.92 Å². The first-order valence-electron chi connectivity index (χ1n) is 10.4. The predicted octanol–water partition coefficient (Wildman–Crippen LogP) is 3.32. The van der Waals surface area contributed by atoms with Gasteiger partial charge in [0.2, 0.25) is 0 Å². The van der Waals surface area contributed by atoms with E-state index in [1.807, 2.05) is 6.07 Å². The van der Waals surface area contributed by atoms with Gasteiger partial charge in [-0.25, -0.2) is 18.1 Å². The highest BCUT2D eigenvalue weighted by Crippen LogP contribution is 2.27. The molecule has 1 amide bonds. The van der Waals surface area contributed by atoms with Crippen molar-refractivity contribution in [2.24, 2.45) is 0 Å². The maximum atomic E-state index is 13.1. The minimum atomic E-state index is -3.96. The molecule has 2 aromatic carbocycles. The van der Waals surface area contributed by atoms with Crippen LogP contribution in [-0.4, -0.2) is 36.2 Å². The monoisotopic (exact) mass is 477 g/mol. The smallest absolute Gasteiger partial charge is 0.262 e. The lowest BCUT2D eigenvalue weighted by Crippen LogP contribution is -2.24. The minimum Gasteiger partial charge on any atom is -0.495 e. The number of hydrogen-bond acceptors (Lipinski definition) is 6. The largest absolute Gasteiger partial charge is 0.495 e. The van der Waals surface area contributed by atoms with Gasteiger partial charge in [-0.15, -0.1) is 0 Å². The van der Waals surface area contributed by atoms with Gasteiger partial charge in [0.1, 0.15) is 5.75 Å². The molecule has 174 valence electrons. The van der Waals surface area contributed by atoms with Crippen LogP contribution >= 0.6 is 0 Å². The molecule has 0 spiro atoms. The lowest BCUT2D eigenvalue weighted by Gasteiger charge is -2.14. The van der Waals surface area contributed by atoms with Crippen molar-refractivity contribution in [2.75, 3.05) is 11.8 Å². The standard InChI is InChI=1S/C24H23N5O4S/c1-17-8-9-19(15-22(17)34(31,32)28-20-6-3-4-7-21(20)33-2)24(30)26-16-18-10-12-25-23(14-18)29-13-5-11-27-29/h3-15,28H,16H2,1-2H3,(H,26,30). The van der Waals surface area contributed by atoms with Crippen LogP contribution in [0.3, 0.4) is 0 Å². The van der Waals surface area contributed by atoms with E-state index < -0.39 is 15.9 Å². The van der Waals surface area contributed by atoms with E-state index in [-0.39, 0.29) is 17.0 Å². The minimum absolute atomic E-state index is 0.0101. The average molecular weight is 478 g/mol. The van der Waals surface area contributed by atoms with Gasteiger partial charge in [0.15, 0.2) is 5.82 Å². The van der Waals surface area contributed by atoms with E-state index in [9.17, 15) is 13.2 Å². The Balaban J connectivity index is 1.51. The van der Waals surface area contributed by atoms with Gasteiger partial charge in [0.05, 0.1) is 17.7 Å². The second-order valence-electron chi connectivity index (χ2n) is 7.44. The van der Waals surface area contributed by atoms with E-state index in [4.69, 9.17) is 4.74 Å². The highest BCUT2D eigenvalue weighted by atomic mass is 32.2. The third-order valence-electron chi connectivity index (χ3n) is 5.09. The first kappa shape index (κ1) is 23.0. The van der Waals surface area contributed by atoms with Crippen LogP contribution in [0.25, 0.3) is 5.82 Å². The van der Waals surface area contributed by atoms with Crippen molar-refractivity contribution in [2.45, 2.75) is 18.4 Å². The third-order valence-corrected chi connectivity index (χ3v) is 6.60. The Morgan fingerprint density at radius 1 is 1.06 bits per heavy atom. The summed E-state index contributed by atoms with van der Waals surface area (Å²) in [7, 11) is -2.50. The molecule has 10 heteroatoms. The van der Waals surface area contributed by atoms with Crippen molar-refractivity contribution in [1.29, 1.82) is 0 Å². The zero-order valence-electron chi connectivity index (χ0n) is 18.6. The summed E-state index contributed by atoms with van der Waals surface area (Å²) in [6, 6.07) is 16.7. The van der Waals surface area contributed by atoms with Crippen molar-refractivity contribution in [3.05, 3.63) is 95.9 Å². The van der Waals surface area contributed by atoms with Crippen molar-refractivity contribution in [3.63, 3.8) is 0 Å². The molecular weight excluding hydrogens is 454 g/mol. The van der Waals surface area contributed by atoms with E-state index in [1.165, 1.54) is 13.2 Å². The average Bonchev–Trinajstić information content (AvgIpc) is 3.38. The number of anilines is 1. The molecule has 0 aliphatic carbocycles. The molecule has 9 nitrogen and oxygen atoms in total. The Bertz CT molecular complexity index is 1420. The Morgan fingerprint density at radius 3 is 2.65 bits per heavy atom. The number of nitrogens with one attached hydrogen (secondary N) is 2. The molecule has 4 aromatic rings. The summed E-state index contributed by atoms with van der Waals surface area (Å²) in [6.07, 6.45) is 5.07. The lowest BCUT2D eigenvalue weighted by atomic mass is 10.1. The van der Waals surface area contributed by atoms with Gasteiger partial charge in [0, 0.05) is 30.7 Å². The van der Waals surface area contributed by atoms with E-state index in [2.05, 4.69) is 20.1 Å². The van der Waals surface area contributed by atoms with Crippen molar-refractivity contribution in [3.8, 4) is 11.6 Å². The summed E-state index contributed by atoms with van der Waals surface area (Å²) in [6.45, 7) is 1.91. The number of aryl methyl sites for hydroxylation is 1. The highest BCUT2D eigenvalue weighted by Gasteiger charge is 2.21. The Labute approximate surface area is 197 Å². The summed E-state index contributed by atoms with van der Waals surface area (Å²) in [5.41, 5.74) is 1.88. The number of benzene rings is 2. The van der Waals surface area contributed by atoms with E-state index in [0.717, 1.165) is 5.56 Å². The van der Waals surface area contributed by atoms with Crippen LogP contribution < -0.4 is 14.8 Å². The first-order valence-corrected chi connectivity index (χ1v) is 11.9. The fourth-order valence-corrected chi connectivity index (χ4v) is 4.69. The number of amides is 1. The molecule has 0 atom stereocenters. The van der Waals surface area contributed by atoms with Gasteiger partial charge in [0.25, 0.3) is 15.9 Å². The highest BCUT2D eigenvalue weighted by molar-refractivity contribution is 7.92. The topological polar surface area (TPSA) is 115 Å². The molecular formula is C24H23N5O4S. The molecule has 0 aliphatic heterocycles. The molecule has 0 aliphatic rings. The van der Waals surface area contributed by atoms with Gasteiger partial charge < -0.3 is 10.1 Å². The Morgan fingerprint density at radius 2 is 1.88 bits per heavy atom. The number of para-hydroxylation sites is 2. The summed E-state index contributed by atoms with van der Waals surface area (Å²) < 4.78 is 35.5. The Kier molecular flexibility index (Phi) is 6.60. The maximum absolute atomic E-state index is 13.1. The molecule has 0 unspecified atom stereocenters. The SMILES string of the molecule is COc1ccccc1NS(=O)(=O)c1cc(C(=O)NCc2ccnc(-n3cccn3)c2)ccc1C. The van der Waals surface area contributed by atoms with Gasteiger partial charge in [-0.3, -0.25) is 9.52 Å². The molecule has 34 heavy (non-hydrogen) atoms. The zero-order valence-corrected chi connectivity index (χ0v) is 19.4. The molecule has 4 rings (SSSR count). The number of carbonyl (C=O) groups excluding carboxylic acids is 1. The number of rotatable bonds is 8. The summed E-state index contributed by atoms with van der Waals surface area (Å²) in [5, 5.41) is 6.97. The van der Waals surface area contributed by atoms with Gasteiger partial charge in [-0.05, 0) is 60.5 Å². The summed E-state index contributed by atoms with van der Waals surface area (Å²) in [4.78, 5) is 17.1. The maximum Gasteiger partial charge on any atom is 0.262 e. The van der Waals surface area contributed by atoms with Crippen LogP contribution in [0.15, 0.2) is 84.1 Å². The first-order chi connectivity index (χ1) is 16.4. The lowest BCUT2D eigenvalue weighted by molar-refractivity contribution is 0.0950. The van der Waals surface area contributed by atoms with Gasteiger partial charge in [-0.1, -0.05) is 18.2 Å². The molecule has 2 aromatic heterocycles. The van der Waals surface area contributed by atoms with Crippen molar-refractivity contribution >= 4 is 21.6 Å². The molecule has 0 saturated carbocycles. The van der Waals surface area contributed by atoms with Crippen molar-refractivity contribution in [1.82, 2.24) is 20.1 Å². The van der Waals surface area contributed by atoms with Gasteiger partial charge in [-0.2, -0.15) is 5.10 Å². The number of sulfonamides is 1. The third kappa shape index (κ3) is 5.07. The molecule has 0 saturated heterocycles. The van der Waals surface area contributed by atoms with Crippen LogP contribution in [0.5, 0.6) is 5.75 Å². The molecule has 2 heterocycles. The van der Waals surface area contributed by atoms with Crippen molar-refractivity contribution < 1.29 is 17.9 Å². The predicted molar refractivity (Wildman–Crippen MR) is 128 cm³/mol. The molecule has 0 fully saturated rings. The fourth-order valence-electron chi connectivity index (χ4n) is 3.34. The molecule has 0 radical (unpaired) electrons. The van der Waals surface area contributed by atoms with Crippen LogP contribution in [0.1, 0.15) is 21.5 Å². The van der Waals surface area contributed by atoms with E-state index in [1.54, 1.807) is 78.7 Å². The summed E-state index contributed by atoms with van der Waals surface area (Å²) in [5.74, 6) is 0.624.